The van der Waals surface area contributed by atoms with E-state index >= 15 is 0 Å². The number of para-hydroxylation sites is 1. The molecule has 0 saturated carbocycles. The molecule has 4 rings (SSSR count). The van der Waals surface area contributed by atoms with E-state index in [1.807, 2.05) is 30.3 Å². The number of pyridine rings is 1. The third kappa shape index (κ3) is 4.83. The summed E-state index contributed by atoms with van der Waals surface area (Å²) in [6, 6.07) is 11.8. The summed E-state index contributed by atoms with van der Waals surface area (Å²) in [5.74, 6) is 0.885. The van der Waals surface area contributed by atoms with Gasteiger partial charge in [-0.1, -0.05) is 29.8 Å². The number of benzene rings is 1. The van der Waals surface area contributed by atoms with Crippen molar-refractivity contribution in [3.05, 3.63) is 76.8 Å². The molecule has 2 aromatic heterocycles. The van der Waals surface area contributed by atoms with E-state index in [0.29, 0.717) is 37.5 Å². The molecule has 32 heavy (non-hydrogen) atoms. The van der Waals surface area contributed by atoms with Gasteiger partial charge in [-0.25, -0.2) is 4.98 Å². The van der Waals surface area contributed by atoms with Crippen LogP contribution in [0.4, 0.5) is 19.0 Å². The molecule has 3 heterocycles. The number of ether oxygens (including phenoxy) is 1. The standard InChI is InChI=1S/C22H19ClF3N3O3/c23-18-12-16(22(24,25)26)13-27-20(18)28-7-9-29(10-8-28)21(30)19-15(6-11-31-19)14-32-17-4-2-1-3-5-17/h1-6,11-13H,7-10,14H2. The van der Waals surface area contributed by atoms with Gasteiger partial charge in [-0.05, 0) is 24.3 Å². The molecule has 1 aliphatic heterocycles. The summed E-state index contributed by atoms with van der Waals surface area (Å²) in [5.41, 5.74) is -0.267. The second-order valence-electron chi connectivity index (χ2n) is 7.18. The van der Waals surface area contributed by atoms with E-state index < -0.39 is 11.7 Å². The number of carbonyl (C=O) groups excluding carboxylic acids is 1. The average molecular weight is 466 g/mol. The summed E-state index contributed by atoms with van der Waals surface area (Å²) in [6.45, 7) is 1.63. The third-order valence-electron chi connectivity index (χ3n) is 5.09. The summed E-state index contributed by atoms with van der Waals surface area (Å²) in [7, 11) is 0. The van der Waals surface area contributed by atoms with Gasteiger partial charge in [-0.2, -0.15) is 13.2 Å². The van der Waals surface area contributed by atoms with E-state index in [4.69, 9.17) is 20.8 Å². The minimum absolute atomic E-state index is 0.0778. The number of nitrogens with zero attached hydrogens (tertiary/aromatic N) is 3. The SMILES string of the molecule is O=C(c1occc1COc1ccccc1)N1CCN(c2ncc(C(F)(F)F)cc2Cl)CC1. The van der Waals surface area contributed by atoms with E-state index in [2.05, 4.69) is 4.98 Å². The van der Waals surface area contributed by atoms with Gasteiger partial charge >= 0.3 is 6.18 Å². The highest BCUT2D eigenvalue weighted by molar-refractivity contribution is 6.33. The lowest BCUT2D eigenvalue weighted by Crippen LogP contribution is -2.49. The fourth-order valence-electron chi connectivity index (χ4n) is 3.40. The molecule has 0 radical (unpaired) electrons. The summed E-state index contributed by atoms with van der Waals surface area (Å²) in [4.78, 5) is 20.2. The molecule has 1 amide bonds. The normalized spacial score (nSPS) is 14.5. The largest absolute Gasteiger partial charge is 0.489 e. The molecule has 6 nitrogen and oxygen atoms in total. The molecule has 0 N–H and O–H groups in total. The van der Waals surface area contributed by atoms with Gasteiger partial charge in [0, 0.05) is 37.9 Å². The zero-order valence-corrected chi connectivity index (χ0v) is 17.6. The maximum Gasteiger partial charge on any atom is 0.417 e. The third-order valence-corrected chi connectivity index (χ3v) is 5.37. The first-order chi connectivity index (χ1) is 15.3. The first-order valence-corrected chi connectivity index (χ1v) is 10.2. The highest BCUT2D eigenvalue weighted by atomic mass is 35.5. The predicted molar refractivity (Wildman–Crippen MR) is 112 cm³/mol. The Morgan fingerprint density at radius 3 is 2.50 bits per heavy atom. The fourth-order valence-corrected chi connectivity index (χ4v) is 3.68. The van der Waals surface area contributed by atoms with Crippen LogP contribution in [0.25, 0.3) is 0 Å². The maximum absolute atomic E-state index is 12.9. The fraction of sp³-hybridized carbons (Fsp3) is 0.273. The Morgan fingerprint density at radius 1 is 1.12 bits per heavy atom. The molecule has 1 aliphatic rings. The van der Waals surface area contributed by atoms with Gasteiger partial charge in [-0.15, -0.1) is 0 Å². The molecule has 1 fully saturated rings. The second-order valence-corrected chi connectivity index (χ2v) is 7.59. The predicted octanol–water partition coefficient (Wildman–Crippen LogP) is 4.89. The second kappa shape index (κ2) is 9.12. The summed E-state index contributed by atoms with van der Waals surface area (Å²) >= 11 is 6.04. The van der Waals surface area contributed by atoms with Gasteiger partial charge in [0.1, 0.15) is 18.2 Å². The topological polar surface area (TPSA) is 58.8 Å². The number of hydrogen-bond donors (Lipinski definition) is 0. The van der Waals surface area contributed by atoms with Crippen LogP contribution in [0.2, 0.25) is 5.02 Å². The molecule has 0 spiro atoms. The van der Waals surface area contributed by atoms with E-state index in [0.717, 1.165) is 12.3 Å². The number of hydrogen-bond acceptors (Lipinski definition) is 5. The number of amides is 1. The highest BCUT2D eigenvalue weighted by Gasteiger charge is 2.33. The van der Waals surface area contributed by atoms with Crippen LogP contribution in [0, 0.1) is 0 Å². The molecular weight excluding hydrogens is 447 g/mol. The molecule has 3 aromatic rings. The van der Waals surface area contributed by atoms with Crippen molar-refractivity contribution in [2.45, 2.75) is 12.8 Å². The van der Waals surface area contributed by atoms with Crippen LogP contribution in [0.3, 0.4) is 0 Å². The van der Waals surface area contributed by atoms with Gasteiger partial charge in [0.15, 0.2) is 5.76 Å². The van der Waals surface area contributed by atoms with E-state index in [1.165, 1.54) is 6.26 Å². The van der Waals surface area contributed by atoms with Gasteiger partial charge in [-0.3, -0.25) is 4.79 Å². The number of halogens is 4. The first-order valence-electron chi connectivity index (χ1n) is 9.84. The van der Waals surface area contributed by atoms with Crippen molar-refractivity contribution in [1.29, 1.82) is 0 Å². The van der Waals surface area contributed by atoms with Crippen LogP contribution in [-0.4, -0.2) is 42.0 Å². The Hall–Kier alpha value is -3.20. The molecule has 1 saturated heterocycles. The van der Waals surface area contributed by atoms with Crippen molar-refractivity contribution in [3.8, 4) is 5.75 Å². The minimum Gasteiger partial charge on any atom is -0.489 e. The van der Waals surface area contributed by atoms with Crippen LogP contribution < -0.4 is 9.64 Å². The zero-order chi connectivity index (χ0) is 22.7. The number of rotatable bonds is 5. The molecule has 0 atom stereocenters. The molecular formula is C22H19ClF3N3O3. The summed E-state index contributed by atoms with van der Waals surface area (Å²) in [6.07, 6.45) is -2.30. The Morgan fingerprint density at radius 2 is 1.84 bits per heavy atom. The quantitative estimate of drug-likeness (QED) is 0.537. The van der Waals surface area contributed by atoms with Gasteiger partial charge in [0.2, 0.25) is 0 Å². The lowest BCUT2D eigenvalue weighted by atomic mass is 10.2. The molecule has 0 unspecified atom stereocenters. The number of anilines is 1. The minimum atomic E-state index is -4.51. The van der Waals surface area contributed by atoms with Gasteiger partial charge < -0.3 is 19.0 Å². The summed E-state index contributed by atoms with van der Waals surface area (Å²) in [5, 5.41) is -0.0778. The van der Waals surface area contributed by atoms with Crippen LogP contribution in [0.1, 0.15) is 21.7 Å². The molecule has 0 bridgehead atoms. The molecule has 10 heteroatoms. The smallest absolute Gasteiger partial charge is 0.417 e. The molecule has 168 valence electrons. The highest BCUT2D eigenvalue weighted by Crippen LogP contribution is 2.33. The number of alkyl halides is 3. The van der Waals surface area contributed by atoms with Crippen molar-refractivity contribution < 1.29 is 27.1 Å². The number of carbonyl (C=O) groups is 1. The molecule has 0 aliphatic carbocycles. The Labute approximate surface area is 187 Å². The van der Waals surface area contributed by atoms with E-state index in [9.17, 15) is 18.0 Å². The van der Waals surface area contributed by atoms with Crippen LogP contribution >= 0.6 is 11.6 Å². The van der Waals surface area contributed by atoms with Gasteiger partial charge in [0.25, 0.3) is 5.91 Å². The van der Waals surface area contributed by atoms with Crippen LogP contribution in [0.5, 0.6) is 5.75 Å². The monoisotopic (exact) mass is 465 g/mol. The Bertz CT molecular complexity index is 1080. The lowest BCUT2D eigenvalue weighted by molar-refractivity contribution is -0.137. The Kier molecular flexibility index (Phi) is 6.27. The van der Waals surface area contributed by atoms with E-state index in [-0.39, 0.29) is 29.1 Å². The number of piperazine rings is 1. The molecule has 1 aromatic carbocycles. The summed E-state index contributed by atoms with van der Waals surface area (Å²) < 4.78 is 49.6. The number of aromatic nitrogens is 1. The van der Waals surface area contributed by atoms with E-state index in [1.54, 1.807) is 15.9 Å². The van der Waals surface area contributed by atoms with Crippen molar-refractivity contribution >= 4 is 23.3 Å². The van der Waals surface area contributed by atoms with Crippen molar-refractivity contribution in [2.75, 3.05) is 31.1 Å². The van der Waals surface area contributed by atoms with Gasteiger partial charge in [0.05, 0.1) is 16.8 Å². The first kappa shape index (κ1) is 22.0. The van der Waals surface area contributed by atoms with Crippen molar-refractivity contribution in [2.24, 2.45) is 0 Å². The van der Waals surface area contributed by atoms with Crippen molar-refractivity contribution in [1.82, 2.24) is 9.88 Å². The Balaban J connectivity index is 1.38. The van der Waals surface area contributed by atoms with Crippen molar-refractivity contribution in [3.63, 3.8) is 0 Å². The lowest BCUT2D eigenvalue weighted by Gasteiger charge is -2.35. The average Bonchev–Trinajstić information content (AvgIpc) is 3.26. The number of furan rings is 1. The maximum atomic E-state index is 12.9. The zero-order valence-electron chi connectivity index (χ0n) is 16.8. The van der Waals surface area contributed by atoms with Crippen LogP contribution in [-0.2, 0) is 12.8 Å². The van der Waals surface area contributed by atoms with Crippen LogP contribution in [0.15, 0.2) is 59.3 Å².